The molecule has 204 valence electrons. The SMILES string of the molecule is O=C(O)C[C@H](NC(=O)CNC(=O)c1cc(O)cc(NC2=NCC(O)CN2)c1)c1cc(Br)cc(C(F)(F)F)c1. The smallest absolute Gasteiger partial charge is 0.416 e. The van der Waals surface area contributed by atoms with Crippen molar-refractivity contribution in [2.45, 2.75) is 24.7 Å². The number of amides is 2. The van der Waals surface area contributed by atoms with Gasteiger partial charge in [0.15, 0.2) is 5.96 Å². The zero-order valence-corrected chi connectivity index (χ0v) is 21.1. The van der Waals surface area contributed by atoms with Crippen LogP contribution in [0.5, 0.6) is 5.75 Å². The number of carboxylic acid groups (broad SMARTS) is 1. The highest BCUT2D eigenvalue weighted by atomic mass is 79.9. The van der Waals surface area contributed by atoms with E-state index >= 15 is 0 Å². The lowest BCUT2D eigenvalue weighted by molar-refractivity contribution is -0.138. The number of rotatable bonds is 8. The number of anilines is 1. The number of aliphatic hydroxyl groups is 1. The summed E-state index contributed by atoms with van der Waals surface area (Å²) in [4.78, 5) is 40.4. The van der Waals surface area contributed by atoms with Gasteiger partial charge in [0.1, 0.15) is 5.75 Å². The Morgan fingerprint density at radius 3 is 2.53 bits per heavy atom. The summed E-state index contributed by atoms with van der Waals surface area (Å²) in [6.45, 7) is -0.204. The van der Waals surface area contributed by atoms with Crippen LogP contribution in [0.1, 0.15) is 33.9 Å². The van der Waals surface area contributed by atoms with E-state index in [9.17, 15) is 42.9 Å². The largest absolute Gasteiger partial charge is 0.508 e. The molecule has 1 heterocycles. The van der Waals surface area contributed by atoms with Gasteiger partial charge in [-0.3, -0.25) is 19.4 Å². The minimum Gasteiger partial charge on any atom is -0.508 e. The molecule has 3 rings (SSSR count). The Bertz CT molecular complexity index is 1260. The van der Waals surface area contributed by atoms with E-state index in [-0.39, 0.29) is 34.4 Å². The molecule has 0 bridgehead atoms. The topological polar surface area (TPSA) is 172 Å². The fourth-order valence-corrected chi connectivity index (χ4v) is 3.99. The number of hydrogen-bond donors (Lipinski definition) is 7. The maximum atomic E-state index is 13.2. The lowest BCUT2D eigenvalue weighted by atomic mass is 10.0. The summed E-state index contributed by atoms with van der Waals surface area (Å²) >= 11 is 2.96. The first-order valence-electron chi connectivity index (χ1n) is 11.0. The molecule has 1 unspecified atom stereocenters. The Labute approximate surface area is 222 Å². The van der Waals surface area contributed by atoms with Crippen LogP contribution in [0.4, 0.5) is 18.9 Å². The number of aliphatic hydroxyl groups excluding tert-OH is 1. The number of benzene rings is 2. The van der Waals surface area contributed by atoms with Crippen molar-refractivity contribution in [1.82, 2.24) is 16.0 Å². The van der Waals surface area contributed by atoms with Crippen LogP contribution >= 0.6 is 15.9 Å². The van der Waals surface area contributed by atoms with Crippen molar-refractivity contribution in [3.8, 4) is 5.75 Å². The molecule has 2 aromatic carbocycles. The monoisotopic (exact) mass is 601 g/mol. The van der Waals surface area contributed by atoms with E-state index in [0.717, 1.165) is 18.2 Å². The number of aliphatic carboxylic acids is 1. The third-order valence-electron chi connectivity index (χ3n) is 5.18. The van der Waals surface area contributed by atoms with Crippen molar-refractivity contribution >= 4 is 45.4 Å². The lowest BCUT2D eigenvalue weighted by Crippen LogP contribution is -2.42. The second-order valence-electron chi connectivity index (χ2n) is 8.29. The van der Waals surface area contributed by atoms with Gasteiger partial charge in [-0.25, -0.2) is 0 Å². The number of guanidine groups is 1. The number of phenolic OH excluding ortho intramolecular Hbond substituents is 1. The molecule has 0 fully saturated rings. The minimum atomic E-state index is -4.69. The lowest BCUT2D eigenvalue weighted by Gasteiger charge is -2.20. The zero-order valence-electron chi connectivity index (χ0n) is 19.5. The summed E-state index contributed by atoms with van der Waals surface area (Å²) in [6.07, 6.45) is -6.04. The number of nitrogens with one attached hydrogen (secondary N) is 4. The van der Waals surface area contributed by atoms with Crippen LogP contribution < -0.4 is 21.3 Å². The first-order valence-corrected chi connectivity index (χ1v) is 11.8. The average Bonchev–Trinajstić information content (AvgIpc) is 2.82. The summed E-state index contributed by atoms with van der Waals surface area (Å²) in [5.74, 6) is -2.92. The Morgan fingerprint density at radius 2 is 1.89 bits per heavy atom. The van der Waals surface area contributed by atoms with Gasteiger partial charge in [0.05, 0.1) is 37.2 Å². The van der Waals surface area contributed by atoms with Crippen molar-refractivity contribution in [1.29, 1.82) is 0 Å². The molecule has 2 aromatic rings. The van der Waals surface area contributed by atoms with Gasteiger partial charge in [-0.2, -0.15) is 13.2 Å². The van der Waals surface area contributed by atoms with Gasteiger partial charge in [0.25, 0.3) is 5.91 Å². The second kappa shape index (κ2) is 12.1. The van der Waals surface area contributed by atoms with Gasteiger partial charge < -0.3 is 36.6 Å². The van der Waals surface area contributed by atoms with Gasteiger partial charge in [-0.05, 0) is 35.9 Å². The maximum Gasteiger partial charge on any atom is 0.416 e. The molecule has 2 atom stereocenters. The minimum absolute atomic E-state index is 0.0272. The standard InChI is InChI=1S/C23H23BrF3N5O6/c24-14-2-11(1-13(5-14)23(25,26)27)18(7-20(36)37)32-19(35)10-28-21(38)12-3-15(6-16(33)4-12)31-22-29-8-17(34)9-30-22/h1-6,17-18,33-34H,7-10H2,(H,28,38)(H,32,35)(H,36,37)(H2,29,30,31)/t18-/m0/s1. The van der Waals surface area contributed by atoms with Crippen molar-refractivity contribution in [2.24, 2.45) is 4.99 Å². The highest BCUT2D eigenvalue weighted by Crippen LogP contribution is 2.34. The number of carboxylic acids is 1. The van der Waals surface area contributed by atoms with E-state index in [4.69, 9.17) is 0 Å². The van der Waals surface area contributed by atoms with E-state index in [1.165, 1.54) is 18.2 Å². The van der Waals surface area contributed by atoms with Crippen LogP contribution in [0.2, 0.25) is 0 Å². The molecule has 0 aromatic heterocycles. The van der Waals surface area contributed by atoms with Crippen molar-refractivity contribution in [3.05, 3.63) is 57.6 Å². The van der Waals surface area contributed by atoms with Gasteiger partial charge in [0.2, 0.25) is 5.91 Å². The van der Waals surface area contributed by atoms with Crippen LogP contribution in [0.3, 0.4) is 0 Å². The summed E-state index contributed by atoms with van der Waals surface area (Å²) < 4.78 is 39.6. The number of halogens is 4. The van der Waals surface area contributed by atoms with Gasteiger partial charge >= 0.3 is 12.1 Å². The molecular weight excluding hydrogens is 579 g/mol. The van der Waals surface area contributed by atoms with Gasteiger partial charge in [-0.1, -0.05) is 15.9 Å². The Morgan fingerprint density at radius 1 is 1.16 bits per heavy atom. The highest BCUT2D eigenvalue weighted by molar-refractivity contribution is 9.10. The van der Waals surface area contributed by atoms with Crippen LogP contribution in [0.15, 0.2) is 45.9 Å². The molecule has 15 heteroatoms. The van der Waals surface area contributed by atoms with Gasteiger partial charge in [0, 0.05) is 28.3 Å². The molecule has 7 N–H and O–H groups in total. The first kappa shape index (κ1) is 28.7. The first-order chi connectivity index (χ1) is 17.8. The molecule has 11 nitrogen and oxygen atoms in total. The summed E-state index contributed by atoms with van der Waals surface area (Å²) in [6, 6.07) is 5.35. The van der Waals surface area contributed by atoms with E-state index in [0.29, 0.717) is 11.6 Å². The number of carbonyl (C=O) groups excluding carboxylic acids is 2. The number of nitrogens with zero attached hydrogens (tertiary/aromatic N) is 1. The summed E-state index contributed by atoms with van der Waals surface area (Å²) in [7, 11) is 0. The van der Waals surface area contributed by atoms with Crippen molar-refractivity contribution < 1.29 is 42.9 Å². The van der Waals surface area contributed by atoms with E-state index in [2.05, 4.69) is 42.2 Å². The molecule has 0 radical (unpaired) electrons. The maximum absolute atomic E-state index is 13.2. The van der Waals surface area contributed by atoms with Crippen LogP contribution in [-0.2, 0) is 15.8 Å². The van der Waals surface area contributed by atoms with Crippen LogP contribution in [-0.4, -0.2) is 64.8 Å². The number of alkyl halides is 3. The third kappa shape index (κ3) is 8.34. The fraction of sp³-hybridized carbons (Fsp3) is 0.304. The molecule has 1 aliphatic rings. The predicted molar refractivity (Wildman–Crippen MR) is 133 cm³/mol. The summed E-state index contributed by atoms with van der Waals surface area (Å²) in [5, 5.41) is 39.0. The number of aliphatic imine (C=N–C) groups is 1. The van der Waals surface area contributed by atoms with Gasteiger partial charge in [-0.15, -0.1) is 0 Å². The molecule has 2 amide bonds. The molecule has 0 aliphatic carbocycles. The highest BCUT2D eigenvalue weighted by Gasteiger charge is 2.32. The Balaban J connectivity index is 1.67. The molecule has 0 spiro atoms. The fourth-order valence-electron chi connectivity index (χ4n) is 3.48. The number of carbonyl (C=O) groups is 3. The molecule has 1 aliphatic heterocycles. The van der Waals surface area contributed by atoms with E-state index in [1.54, 1.807) is 0 Å². The molecular formula is C23H23BrF3N5O6. The second-order valence-corrected chi connectivity index (χ2v) is 9.20. The van der Waals surface area contributed by atoms with E-state index < -0.39 is 54.6 Å². The number of aromatic hydroxyl groups is 1. The van der Waals surface area contributed by atoms with Crippen molar-refractivity contribution in [3.63, 3.8) is 0 Å². The van der Waals surface area contributed by atoms with E-state index in [1.807, 2.05) is 0 Å². The average molecular weight is 602 g/mol. The Hall–Kier alpha value is -3.85. The molecule has 0 saturated carbocycles. The molecule has 38 heavy (non-hydrogen) atoms. The summed E-state index contributed by atoms with van der Waals surface area (Å²) in [5.41, 5.74) is -0.859. The predicted octanol–water partition coefficient (Wildman–Crippen LogP) is 1.97. The normalized spacial score (nSPS) is 16.0. The third-order valence-corrected chi connectivity index (χ3v) is 5.64. The van der Waals surface area contributed by atoms with Crippen molar-refractivity contribution in [2.75, 3.05) is 25.0 Å². The molecule has 0 saturated heterocycles. The van der Waals surface area contributed by atoms with Crippen LogP contribution in [0, 0.1) is 0 Å². The number of β-amino-alcohol motifs (C(OH)–C–C–N with tert-alkyl or cyclic N) is 1. The Kier molecular flexibility index (Phi) is 9.17. The number of phenols is 1. The quantitative estimate of drug-likeness (QED) is 0.240. The number of hydrogen-bond acceptors (Lipinski definition) is 8. The zero-order chi connectivity index (χ0) is 28.0. The van der Waals surface area contributed by atoms with Crippen LogP contribution in [0.25, 0.3) is 0 Å².